The highest BCUT2D eigenvalue weighted by atomic mass is 79.9. The third kappa shape index (κ3) is 1.45. The minimum Gasteiger partial charge on any atom is -0.461 e. The summed E-state index contributed by atoms with van der Waals surface area (Å²) in [7, 11) is 0. The fraction of sp³-hybridized carbons (Fsp3) is 0.833. The number of hydrogen-bond donors (Lipinski definition) is 0. The standard InChI is InChI=1S/C6H9BrO2/c1-4-2-5(3-7)9-6(4)8/h4-5H,2-3H2,1H3/t4-,5+/m0/s1. The molecule has 52 valence electrons. The van der Waals surface area contributed by atoms with Gasteiger partial charge in [0.15, 0.2) is 0 Å². The van der Waals surface area contributed by atoms with Crippen LogP contribution in [0.15, 0.2) is 0 Å². The quantitative estimate of drug-likeness (QED) is 0.463. The molecule has 2 nitrogen and oxygen atoms in total. The number of halogens is 1. The summed E-state index contributed by atoms with van der Waals surface area (Å²) in [6.07, 6.45) is 0.983. The van der Waals surface area contributed by atoms with Gasteiger partial charge in [-0.15, -0.1) is 0 Å². The van der Waals surface area contributed by atoms with Crippen molar-refractivity contribution >= 4 is 21.9 Å². The molecule has 0 spiro atoms. The maximum atomic E-state index is 10.7. The maximum absolute atomic E-state index is 10.7. The second-order valence-electron chi connectivity index (χ2n) is 2.35. The van der Waals surface area contributed by atoms with E-state index < -0.39 is 0 Å². The molecule has 0 aromatic rings. The molecule has 1 rings (SSSR count). The van der Waals surface area contributed by atoms with Crippen LogP contribution in [0.4, 0.5) is 0 Å². The monoisotopic (exact) mass is 192 g/mol. The summed E-state index contributed by atoms with van der Waals surface area (Å²) < 4.78 is 4.94. The molecule has 0 aromatic heterocycles. The lowest BCUT2D eigenvalue weighted by molar-refractivity contribution is -0.143. The molecule has 1 aliphatic rings. The van der Waals surface area contributed by atoms with Gasteiger partial charge in [0.25, 0.3) is 0 Å². The maximum Gasteiger partial charge on any atom is 0.309 e. The number of ether oxygens (including phenoxy) is 1. The largest absolute Gasteiger partial charge is 0.461 e. The lowest BCUT2D eigenvalue weighted by Gasteiger charge is -2.00. The van der Waals surface area contributed by atoms with Crippen molar-refractivity contribution in [3.8, 4) is 0 Å². The molecule has 0 radical (unpaired) electrons. The van der Waals surface area contributed by atoms with Gasteiger partial charge in [-0.1, -0.05) is 22.9 Å². The van der Waals surface area contributed by atoms with Gasteiger partial charge in [0.2, 0.25) is 0 Å². The highest BCUT2D eigenvalue weighted by Crippen LogP contribution is 2.21. The van der Waals surface area contributed by atoms with E-state index in [1.54, 1.807) is 0 Å². The molecule has 0 bridgehead atoms. The first-order valence-electron chi connectivity index (χ1n) is 3.00. The minimum atomic E-state index is -0.0561. The van der Waals surface area contributed by atoms with E-state index in [1.165, 1.54) is 0 Å². The third-order valence-electron chi connectivity index (χ3n) is 1.47. The topological polar surface area (TPSA) is 26.3 Å². The van der Waals surface area contributed by atoms with Crippen molar-refractivity contribution in [2.24, 2.45) is 5.92 Å². The van der Waals surface area contributed by atoms with Crippen LogP contribution in [0.3, 0.4) is 0 Å². The van der Waals surface area contributed by atoms with Gasteiger partial charge in [0.1, 0.15) is 6.10 Å². The van der Waals surface area contributed by atoms with Gasteiger partial charge >= 0.3 is 5.97 Å². The average Bonchev–Trinajstić information content (AvgIpc) is 2.13. The Morgan fingerprint density at radius 3 is 2.78 bits per heavy atom. The van der Waals surface area contributed by atoms with Crippen LogP contribution in [-0.4, -0.2) is 17.4 Å². The summed E-state index contributed by atoms with van der Waals surface area (Å²) >= 11 is 3.25. The van der Waals surface area contributed by atoms with Crippen molar-refractivity contribution in [2.75, 3.05) is 5.33 Å². The van der Waals surface area contributed by atoms with Crippen molar-refractivity contribution < 1.29 is 9.53 Å². The van der Waals surface area contributed by atoms with Gasteiger partial charge in [-0.25, -0.2) is 0 Å². The zero-order valence-corrected chi connectivity index (χ0v) is 6.85. The molecule has 0 N–H and O–H groups in total. The van der Waals surface area contributed by atoms with Crippen molar-refractivity contribution in [1.82, 2.24) is 0 Å². The summed E-state index contributed by atoms with van der Waals surface area (Å²) in [6.45, 7) is 1.89. The van der Waals surface area contributed by atoms with Crippen LogP contribution in [0.2, 0.25) is 0 Å². The molecule has 2 atom stereocenters. The second-order valence-corrected chi connectivity index (χ2v) is 3.00. The first kappa shape index (κ1) is 7.06. The Morgan fingerprint density at radius 2 is 2.56 bits per heavy atom. The SMILES string of the molecule is C[C@H]1C[C@H](CBr)OC1=O. The van der Waals surface area contributed by atoms with Gasteiger partial charge in [-0.05, 0) is 6.42 Å². The van der Waals surface area contributed by atoms with Crippen molar-refractivity contribution in [2.45, 2.75) is 19.4 Å². The molecule has 0 aromatic carbocycles. The van der Waals surface area contributed by atoms with Crippen LogP contribution in [0.5, 0.6) is 0 Å². The molecular formula is C6H9BrO2. The number of cyclic esters (lactones) is 1. The second kappa shape index (κ2) is 2.69. The average molecular weight is 193 g/mol. The lowest BCUT2D eigenvalue weighted by atomic mass is 10.1. The van der Waals surface area contributed by atoms with Gasteiger partial charge in [0, 0.05) is 5.33 Å². The first-order valence-corrected chi connectivity index (χ1v) is 4.12. The first-order chi connectivity index (χ1) is 4.24. The van der Waals surface area contributed by atoms with Crippen molar-refractivity contribution in [3.05, 3.63) is 0 Å². The Morgan fingerprint density at radius 1 is 1.89 bits per heavy atom. The van der Waals surface area contributed by atoms with Crippen LogP contribution in [-0.2, 0) is 9.53 Å². The molecule has 1 aliphatic heterocycles. The molecule has 3 heteroatoms. The number of esters is 1. The molecule has 1 heterocycles. The highest BCUT2D eigenvalue weighted by Gasteiger charge is 2.29. The van der Waals surface area contributed by atoms with Gasteiger partial charge in [-0.2, -0.15) is 0 Å². The van der Waals surface area contributed by atoms with E-state index in [9.17, 15) is 4.79 Å². The summed E-state index contributed by atoms with van der Waals surface area (Å²) in [6, 6.07) is 0. The van der Waals surface area contributed by atoms with Gasteiger partial charge in [-0.3, -0.25) is 4.79 Å². The van der Waals surface area contributed by atoms with E-state index in [0.717, 1.165) is 11.8 Å². The smallest absolute Gasteiger partial charge is 0.309 e. The van der Waals surface area contributed by atoms with E-state index in [-0.39, 0.29) is 18.0 Å². The van der Waals surface area contributed by atoms with E-state index in [0.29, 0.717) is 0 Å². The number of carbonyl (C=O) groups excluding carboxylic acids is 1. The molecular weight excluding hydrogens is 184 g/mol. The summed E-state index contributed by atoms with van der Waals surface area (Å²) in [5, 5.41) is 0.767. The molecule has 0 aliphatic carbocycles. The summed E-state index contributed by atoms with van der Waals surface area (Å²) in [5.41, 5.74) is 0. The highest BCUT2D eigenvalue weighted by molar-refractivity contribution is 9.09. The zero-order chi connectivity index (χ0) is 6.85. The van der Waals surface area contributed by atoms with Crippen LogP contribution >= 0.6 is 15.9 Å². The van der Waals surface area contributed by atoms with Crippen molar-refractivity contribution in [3.63, 3.8) is 0 Å². The fourth-order valence-corrected chi connectivity index (χ4v) is 1.31. The Labute approximate surface area is 62.7 Å². The summed E-state index contributed by atoms with van der Waals surface area (Å²) in [5.74, 6) is 0.0481. The Kier molecular flexibility index (Phi) is 2.11. The molecule has 1 fully saturated rings. The summed E-state index contributed by atoms with van der Waals surface area (Å²) in [4.78, 5) is 10.7. The van der Waals surface area contributed by atoms with E-state index in [2.05, 4.69) is 15.9 Å². The fourth-order valence-electron chi connectivity index (χ4n) is 0.914. The molecule has 9 heavy (non-hydrogen) atoms. The lowest BCUT2D eigenvalue weighted by Crippen LogP contribution is -2.07. The van der Waals surface area contributed by atoms with Crippen molar-refractivity contribution in [1.29, 1.82) is 0 Å². The van der Waals surface area contributed by atoms with Crippen LogP contribution < -0.4 is 0 Å². The van der Waals surface area contributed by atoms with Crippen LogP contribution in [0, 0.1) is 5.92 Å². The van der Waals surface area contributed by atoms with E-state index >= 15 is 0 Å². The van der Waals surface area contributed by atoms with E-state index in [4.69, 9.17) is 4.74 Å². The predicted octanol–water partition coefficient (Wildman–Crippen LogP) is 1.33. The minimum absolute atomic E-state index is 0.0561. The number of carbonyl (C=O) groups is 1. The number of alkyl halides is 1. The molecule has 1 saturated heterocycles. The van der Waals surface area contributed by atoms with E-state index in [1.807, 2.05) is 6.92 Å². The Hall–Kier alpha value is -0.0500. The third-order valence-corrected chi connectivity index (χ3v) is 2.20. The number of hydrogen-bond acceptors (Lipinski definition) is 2. The zero-order valence-electron chi connectivity index (χ0n) is 5.26. The van der Waals surface area contributed by atoms with Crippen LogP contribution in [0.25, 0.3) is 0 Å². The van der Waals surface area contributed by atoms with Gasteiger partial charge < -0.3 is 4.74 Å². The molecule has 0 saturated carbocycles. The molecule has 0 amide bonds. The predicted molar refractivity (Wildman–Crippen MR) is 37.5 cm³/mol. The van der Waals surface area contributed by atoms with Crippen LogP contribution in [0.1, 0.15) is 13.3 Å². The Balaban J connectivity index is 2.44. The molecule has 0 unspecified atom stereocenters. The number of rotatable bonds is 1. The van der Waals surface area contributed by atoms with Gasteiger partial charge in [0.05, 0.1) is 5.92 Å². The normalized spacial score (nSPS) is 34.7. The Bertz CT molecular complexity index is 124.